The highest BCUT2D eigenvalue weighted by molar-refractivity contribution is 7.87. The average molecular weight is 238 g/mol. The van der Waals surface area contributed by atoms with Crippen LogP contribution in [0.1, 0.15) is 25.7 Å². The number of methoxy groups -OCH3 is 1. The molecule has 0 heterocycles. The zero-order valence-corrected chi connectivity index (χ0v) is 9.89. The molecule has 0 aromatic rings. The molecule has 15 heavy (non-hydrogen) atoms. The van der Waals surface area contributed by atoms with E-state index in [4.69, 9.17) is 0 Å². The molecule has 0 fully saturated rings. The predicted molar refractivity (Wildman–Crippen MR) is 56.5 cm³/mol. The molecule has 0 atom stereocenters. The standard InChI is InChI=1S/C8H18N2O4S/c1-9-15(12,13)10-7-5-3-4-6-8(11)14-2/h9-10H,3-7H2,1-2H3. The topological polar surface area (TPSA) is 84.5 Å². The van der Waals surface area contributed by atoms with E-state index in [1.54, 1.807) is 0 Å². The van der Waals surface area contributed by atoms with Gasteiger partial charge in [0, 0.05) is 20.0 Å². The number of hydrogen-bond acceptors (Lipinski definition) is 4. The van der Waals surface area contributed by atoms with E-state index in [0.717, 1.165) is 6.42 Å². The van der Waals surface area contributed by atoms with Crippen LogP contribution in [0.3, 0.4) is 0 Å². The van der Waals surface area contributed by atoms with Crippen LogP contribution in [0.15, 0.2) is 0 Å². The highest BCUT2D eigenvalue weighted by Crippen LogP contribution is 2.00. The van der Waals surface area contributed by atoms with Gasteiger partial charge in [-0.1, -0.05) is 6.42 Å². The third kappa shape index (κ3) is 8.34. The minimum atomic E-state index is -3.32. The molecule has 0 spiro atoms. The zero-order valence-electron chi connectivity index (χ0n) is 9.08. The van der Waals surface area contributed by atoms with E-state index < -0.39 is 10.2 Å². The molecule has 90 valence electrons. The Balaban J connectivity index is 3.37. The molecule has 0 bridgehead atoms. The summed E-state index contributed by atoms with van der Waals surface area (Å²) in [5.74, 6) is -0.231. The molecule has 0 aromatic carbocycles. The Morgan fingerprint density at radius 3 is 2.47 bits per heavy atom. The van der Waals surface area contributed by atoms with E-state index in [0.29, 0.717) is 25.8 Å². The maximum atomic E-state index is 10.9. The second-order valence-electron chi connectivity index (χ2n) is 2.99. The van der Waals surface area contributed by atoms with Crippen molar-refractivity contribution in [2.45, 2.75) is 25.7 Å². The number of unbranched alkanes of at least 4 members (excludes halogenated alkanes) is 2. The van der Waals surface area contributed by atoms with Crippen molar-refractivity contribution in [3.63, 3.8) is 0 Å². The van der Waals surface area contributed by atoms with Crippen molar-refractivity contribution in [1.82, 2.24) is 9.44 Å². The smallest absolute Gasteiger partial charge is 0.305 e. The predicted octanol–water partition coefficient (Wildman–Crippen LogP) is -0.226. The van der Waals surface area contributed by atoms with Crippen molar-refractivity contribution < 1.29 is 17.9 Å². The SMILES string of the molecule is CNS(=O)(=O)NCCCCCC(=O)OC. The number of rotatable bonds is 8. The van der Waals surface area contributed by atoms with Gasteiger partial charge in [0.25, 0.3) is 10.2 Å². The fraction of sp³-hybridized carbons (Fsp3) is 0.875. The van der Waals surface area contributed by atoms with Gasteiger partial charge in [-0.25, -0.2) is 9.44 Å². The molecule has 0 saturated carbocycles. The molecule has 0 aliphatic carbocycles. The van der Waals surface area contributed by atoms with Gasteiger partial charge < -0.3 is 4.74 Å². The molecular formula is C8H18N2O4S. The Morgan fingerprint density at radius 1 is 1.27 bits per heavy atom. The summed E-state index contributed by atoms with van der Waals surface area (Å²) in [5, 5.41) is 0. The van der Waals surface area contributed by atoms with Crippen LogP contribution in [0.2, 0.25) is 0 Å². The Kier molecular flexibility index (Phi) is 7.27. The van der Waals surface area contributed by atoms with Gasteiger partial charge in [-0.05, 0) is 12.8 Å². The highest BCUT2D eigenvalue weighted by Gasteiger charge is 2.04. The molecule has 0 unspecified atom stereocenters. The van der Waals surface area contributed by atoms with E-state index in [1.165, 1.54) is 14.2 Å². The van der Waals surface area contributed by atoms with Gasteiger partial charge in [0.1, 0.15) is 0 Å². The molecule has 0 saturated heterocycles. The van der Waals surface area contributed by atoms with Crippen LogP contribution >= 0.6 is 0 Å². The Morgan fingerprint density at radius 2 is 1.93 bits per heavy atom. The van der Waals surface area contributed by atoms with Crippen LogP contribution in [-0.2, 0) is 19.7 Å². The first kappa shape index (κ1) is 14.3. The largest absolute Gasteiger partial charge is 0.469 e. The Labute approximate surface area is 90.6 Å². The van der Waals surface area contributed by atoms with Gasteiger partial charge in [0.15, 0.2) is 0 Å². The van der Waals surface area contributed by atoms with Crippen LogP contribution < -0.4 is 9.44 Å². The van der Waals surface area contributed by atoms with Crippen LogP contribution in [0.25, 0.3) is 0 Å². The fourth-order valence-corrected chi connectivity index (χ4v) is 1.51. The minimum absolute atomic E-state index is 0.231. The minimum Gasteiger partial charge on any atom is -0.469 e. The molecule has 0 aliphatic heterocycles. The summed E-state index contributed by atoms with van der Waals surface area (Å²) in [4.78, 5) is 10.7. The summed E-state index contributed by atoms with van der Waals surface area (Å²) in [5.41, 5.74) is 0. The van der Waals surface area contributed by atoms with Crippen molar-refractivity contribution in [3.05, 3.63) is 0 Å². The van der Waals surface area contributed by atoms with E-state index >= 15 is 0 Å². The molecule has 0 radical (unpaired) electrons. The van der Waals surface area contributed by atoms with E-state index in [2.05, 4.69) is 14.2 Å². The van der Waals surface area contributed by atoms with Crippen LogP contribution in [0, 0.1) is 0 Å². The number of carbonyl (C=O) groups is 1. The second-order valence-corrected chi connectivity index (χ2v) is 4.69. The summed E-state index contributed by atoms with van der Waals surface area (Å²) in [6.07, 6.45) is 2.60. The van der Waals surface area contributed by atoms with Crippen molar-refractivity contribution in [1.29, 1.82) is 0 Å². The first-order valence-corrected chi connectivity index (χ1v) is 6.25. The summed E-state index contributed by atoms with van der Waals surface area (Å²) in [6.45, 7) is 0.379. The third-order valence-corrected chi connectivity index (χ3v) is 2.97. The molecular weight excluding hydrogens is 220 g/mol. The van der Waals surface area contributed by atoms with Gasteiger partial charge in [-0.3, -0.25) is 4.79 Å². The zero-order chi connectivity index (χ0) is 11.7. The summed E-state index contributed by atoms with van der Waals surface area (Å²) < 4.78 is 30.8. The quantitative estimate of drug-likeness (QED) is 0.452. The summed E-state index contributed by atoms with van der Waals surface area (Å²) in [7, 11) is -0.622. The fourth-order valence-electron chi connectivity index (χ4n) is 0.952. The second kappa shape index (κ2) is 7.61. The Hall–Kier alpha value is -0.660. The van der Waals surface area contributed by atoms with Crippen molar-refractivity contribution >= 4 is 16.2 Å². The van der Waals surface area contributed by atoms with Gasteiger partial charge in [0.05, 0.1) is 7.11 Å². The van der Waals surface area contributed by atoms with Gasteiger partial charge in [0.2, 0.25) is 0 Å². The lowest BCUT2D eigenvalue weighted by Gasteiger charge is -2.04. The van der Waals surface area contributed by atoms with E-state index in [-0.39, 0.29) is 5.97 Å². The average Bonchev–Trinajstić information content (AvgIpc) is 2.22. The maximum absolute atomic E-state index is 10.9. The first-order chi connectivity index (χ1) is 7.02. The molecule has 0 rings (SSSR count). The van der Waals surface area contributed by atoms with Crippen molar-refractivity contribution in [2.24, 2.45) is 0 Å². The van der Waals surface area contributed by atoms with Crippen LogP contribution in [0.4, 0.5) is 0 Å². The normalized spacial score (nSPS) is 11.3. The molecule has 6 nitrogen and oxygen atoms in total. The van der Waals surface area contributed by atoms with Gasteiger partial charge in [-0.2, -0.15) is 8.42 Å². The van der Waals surface area contributed by atoms with E-state index in [9.17, 15) is 13.2 Å². The monoisotopic (exact) mass is 238 g/mol. The lowest BCUT2D eigenvalue weighted by atomic mass is 10.2. The number of nitrogens with one attached hydrogen (secondary N) is 2. The number of esters is 1. The van der Waals surface area contributed by atoms with Crippen molar-refractivity contribution in [2.75, 3.05) is 20.7 Å². The lowest BCUT2D eigenvalue weighted by molar-refractivity contribution is -0.140. The maximum Gasteiger partial charge on any atom is 0.305 e. The van der Waals surface area contributed by atoms with Crippen LogP contribution in [-0.4, -0.2) is 35.1 Å². The summed E-state index contributed by atoms with van der Waals surface area (Å²) in [6, 6.07) is 0. The van der Waals surface area contributed by atoms with Crippen LogP contribution in [0.5, 0.6) is 0 Å². The number of hydrogen-bond donors (Lipinski definition) is 2. The molecule has 0 aromatic heterocycles. The van der Waals surface area contributed by atoms with Crippen molar-refractivity contribution in [3.8, 4) is 0 Å². The number of carbonyl (C=O) groups excluding carboxylic acids is 1. The molecule has 0 amide bonds. The van der Waals surface area contributed by atoms with E-state index in [1.807, 2.05) is 0 Å². The first-order valence-electron chi connectivity index (χ1n) is 4.77. The molecule has 2 N–H and O–H groups in total. The highest BCUT2D eigenvalue weighted by atomic mass is 32.2. The molecule has 0 aliphatic rings. The van der Waals surface area contributed by atoms with Gasteiger partial charge >= 0.3 is 5.97 Å². The lowest BCUT2D eigenvalue weighted by Crippen LogP contribution is -2.34. The Bertz CT molecular complexity index is 276. The summed E-state index contributed by atoms with van der Waals surface area (Å²) >= 11 is 0. The third-order valence-electron chi connectivity index (χ3n) is 1.85. The molecule has 7 heteroatoms. The number of ether oxygens (including phenoxy) is 1. The van der Waals surface area contributed by atoms with Gasteiger partial charge in [-0.15, -0.1) is 0 Å².